The number of ether oxygens (including phenoxy) is 1. The number of nitrogens with one attached hydrogen (secondary N) is 1. The minimum atomic E-state index is -1.04. The minimum absolute atomic E-state index is 0.233. The lowest BCUT2D eigenvalue weighted by Gasteiger charge is -2.26. The number of alkyl carbamates (subject to hydrolysis) is 1. The molecule has 0 fully saturated rings. The highest BCUT2D eigenvalue weighted by Gasteiger charge is 2.33. The molecule has 0 bridgehead atoms. The number of Topliss-reactive ketones (excluding diaryl/α,β-unsaturated/α-hetero) is 1. The van der Waals surface area contributed by atoms with Crippen LogP contribution in [0.3, 0.4) is 0 Å². The quantitative estimate of drug-likeness (QED) is 0.857. The number of hydrogen-bond acceptors (Lipinski definition) is 5. The molecule has 1 amide bonds. The van der Waals surface area contributed by atoms with Gasteiger partial charge in [-0.1, -0.05) is 0 Å². The van der Waals surface area contributed by atoms with Crippen molar-refractivity contribution in [1.29, 1.82) is 0 Å². The van der Waals surface area contributed by atoms with Gasteiger partial charge in [0, 0.05) is 11.6 Å². The highest BCUT2D eigenvalue weighted by Crippen LogP contribution is 2.16. The number of carbonyl (C=O) groups is 2. The first-order valence-electron chi connectivity index (χ1n) is 5.57. The largest absolute Gasteiger partial charge is 0.444 e. The Morgan fingerprint density at radius 3 is 2.33 bits per heavy atom. The van der Waals surface area contributed by atoms with Crippen LogP contribution in [0.15, 0.2) is 11.6 Å². The monoisotopic (exact) mass is 270 g/mol. The van der Waals surface area contributed by atoms with Gasteiger partial charge in [0.1, 0.15) is 11.1 Å². The molecule has 0 aliphatic heterocycles. The first kappa shape index (κ1) is 14.6. The molecule has 0 atom stereocenters. The van der Waals surface area contributed by atoms with Crippen molar-refractivity contribution in [3.63, 3.8) is 0 Å². The fraction of sp³-hybridized carbons (Fsp3) is 0.583. The van der Waals surface area contributed by atoms with Crippen LogP contribution in [0, 0.1) is 0 Å². The van der Waals surface area contributed by atoms with Gasteiger partial charge < -0.3 is 10.1 Å². The SMILES string of the molecule is CC(C)(C)OC(=O)NC(C)(C)C(=O)c1nccs1. The van der Waals surface area contributed by atoms with Crippen molar-refractivity contribution in [2.45, 2.75) is 45.8 Å². The van der Waals surface area contributed by atoms with Crippen molar-refractivity contribution in [3.05, 3.63) is 16.6 Å². The zero-order valence-corrected chi connectivity index (χ0v) is 12.1. The third kappa shape index (κ3) is 4.10. The van der Waals surface area contributed by atoms with Gasteiger partial charge in [0.15, 0.2) is 5.01 Å². The topological polar surface area (TPSA) is 68.3 Å². The lowest BCUT2D eigenvalue weighted by atomic mass is 10.00. The van der Waals surface area contributed by atoms with E-state index in [1.165, 1.54) is 11.3 Å². The Morgan fingerprint density at radius 1 is 1.28 bits per heavy atom. The van der Waals surface area contributed by atoms with E-state index in [2.05, 4.69) is 10.3 Å². The van der Waals surface area contributed by atoms with Gasteiger partial charge in [-0.3, -0.25) is 4.79 Å². The second kappa shape index (κ2) is 5.06. The molecule has 5 nitrogen and oxygen atoms in total. The molecule has 1 heterocycles. The number of hydrogen-bond donors (Lipinski definition) is 1. The van der Waals surface area contributed by atoms with E-state index < -0.39 is 17.2 Å². The number of rotatable bonds is 3. The molecule has 100 valence electrons. The fourth-order valence-electron chi connectivity index (χ4n) is 1.22. The molecule has 0 aromatic carbocycles. The van der Waals surface area contributed by atoms with Crippen LogP contribution in [0.2, 0.25) is 0 Å². The third-order valence-corrected chi connectivity index (χ3v) is 2.78. The molecule has 1 rings (SSSR count). The maximum absolute atomic E-state index is 12.1. The lowest BCUT2D eigenvalue weighted by molar-refractivity contribution is 0.0454. The lowest BCUT2D eigenvalue weighted by Crippen LogP contribution is -2.51. The zero-order valence-electron chi connectivity index (χ0n) is 11.2. The van der Waals surface area contributed by atoms with Gasteiger partial charge in [-0.15, -0.1) is 11.3 Å². The molecule has 1 aromatic heterocycles. The summed E-state index contributed by atoms with van der Waals surface area (Å²) < 4.78 is 5.12. The van der Waals surface area contributed by atoms with E-state index in [0.717, 1.165) is 0 Å². The van der Waals surface area contributed by atoms with Crippen LogP contribution in [0.1, 0.15) is 44.4 Å². The predicted molar refractivity (Wildman–Crippen MR) is 69.9 cm³/mol. The second-order valence-electron chi connectivity index (χ2n) is 5.42. The Balaban J connectivity index is 2.70. The highest BCUT2D eigenvalue weighted by atomic mass is 32.1. The Hall–Kier alpha value is -1.43. The number of aromatic nitrogens is 1. The molecule has 18 heavy (non-hydrogen) atoms. The Kier molecular flexibility index (Phi) is 4.11. The summed E-state index contributed by atoms with van der Waals surface area (Å²) in [6.45, 7) is 8.55. The van der Waals surface area contributed by atoms with Crippen molar-refractivity contribution in [2.75, 3.05) is 0 Å². The number of nitrogens with zero attached hydrogens (tertiary/aromatic N) is 1. The molecule has 0 saturated carbocycles. The van der Waals surface area contributed by atoms with Gasteiger partial charge in [-0.2, -0.15) is 0 Å². The Morgan fingerprint density at radius 2 is 1.89 bits per heavy atom. The van der Waals surface area contributed by atoms with E-state index in [4.69, 9.17) is 4.74 Å². The third-order valence-electron chi connectivity index (χ3n) is 2.01. The van der Waals surface area contributed by atoms with Gasteiger partial charge >= 0.3 is 6.09 Å². The average Bonchev–Trinajstić information content (AvgIpc) is 2.64. The summed E-state index contributed by atoms with van der Waals surface area (Å²) in [5, 5.41) is 4.65. The summed E-state index contributed by atoms with van der Waals surface area (Å²) >= 11 is 1.25. The Labute approximate surface area is 111 Å². The molecule has 1 N–H and O–H groups in total. The number of thiazole rings is 1. The van der Waals surface area contributed by atoms with Crippen LogP contribution >= 0.6 is 11.3 Å². The second-order valence-corrected chi connectivity index (χ2v) is 6.31. The maximum atomic E-state index is 12.1. The summed E-state index contributed by atoms with van der Waals surface area (Å²) in [6, 6.07) is 0. The maximum Gasteiger partial charge on any atom is 0.408 e. The summed E-state index contributed by atoms with van der Waals surface area (Å²) in [7, 11) is 0. The van der Waals surface area contributed by atoms with Gasteiger partial charge in [-0.05, 0) is 34.6 Å². The highest BCUT2D eigenvalue weighted by molar-refractivity contribution is 7.11. The van der Waals surface area contributed by atoms with Crippen LogP contribution in [-0.4, -0.2) is 28.0 Å². The zero-order chi connectivity index (χ0) is 14.0. The van der Waals surface area contributed by atoms with Crippen LogP contribution in [0.5, 0.6) is 0 Å². The first-order chi connectivity index (χ1) is 8.12. The van der Waals surface area contributed by atoms with E-state index in [0.29, 0.717) is 5.01 Å². The van der Waals surface area contributed by atoms with Gasteiger partial charge in [0.2, 0.25) is 5.78 Å². The summed E-state index contributed by atoms with van der Waals surface area (Å²) in [4.78, 5) is 27.7. The molecular weight excluding hydrogens is 252 g/mol. The number of carbonyl (C=O) groups excluding carboxylic acids is 2. The number of ketones is 1. The summed E-state index contributed by atoms with van der Waals surface area (Å²) in [5.74, 6) is -0.233. The first-order valence-corrected chi connectivity index (χ1v) is 6.45. The van der Waals surface area contributed by atoms with Crippen LogP contribution in [0.4, 0.5) is 4.79 Å². The average molecular weight is 270 g/mol. The number of amides is 1. The van der Waals surface area contributed by atoms with Crippen LogP contribution < -0.4 is 5.32 Å². The molecule has 0 radical (unpaired) electrons. The molecule has 0 saturated heterocycles. The van der Waals surface area contributed by atoms with E-state index in [-0.39, 0.29) is 5.78 Å². The Bertz CT molecular complexity index is 433. The molecule has 0 aliphatic rings. The summed E-state index contributed by atoms with van der Waals surface area (Å²) in [6.07, 6.45) is 0.943. The molecular formula is C12H18N2O3S. The molecule has 0 aliphatic carbocycles. The normalized spacial score (nSPS) is 12.1. The van der Waals surface area contributed by atoms with E-state index >= 15 is 0 Å². The van der Waals surface area contributed by atoms with Crippen molar-refractivity contribution < 1.29 is 14.3 Å². The van der Waals surface area contributed by atoms with Crippen LogP contribution in [0.25, 0.3) is 0 Å². The predicted octanol–water partition coefficient (Wildman–Crippen LogP) is 2.63. The van der Waals surface area contributed by atoms with Crippen LogP contribution in [-0.2, 0) is 4.74 Å². The standard InChI is InChI=1S/C12H18N2O3S/c1-11(2,3)17-10(16)14-12(4,5)8(15)9-13-6-7-18-9/h6-7H,1-5H3,(H,14,16). The fourth-order valence-corrected chi connectivity index (χ4v) is 1.95. The van der Waals surface area contributed by atoms with Crippen molar-refractivity contribution >= 4 is 23.2 Å². The van der Waals surface area contributed by atoms with Crippen molar-refractivity contribution in [2.24, 2.45) is 0 Å². The molecule has 1 aromatic rings. The van der Waals surface area contributed by atoms with Gasteiger partial charge in [0.05, 0.1) is 0 Å². The minimum Gasteiger partial charge on any atom is -0.444 e. The molecule has 0 unspecified atom stereocenters. The van der Waals surface area contributed by atoms with E-state index in [1.54, 1.807) is 46.2 Å². The van der Waals surface area contributed by atoms with Gasteiger partial charge in [0.25, 0.3) is 0 Å². The van der Waals surface area contributed by atoms with Gasteiger partial charge in [-0.25, -0.2) is 9.78 Å². The summed E-state index contributed by atoms with van der Waals surface area (Å²) in [5.41, 5.74) is -1.63. The smallest absolute Gasteiger partial charge is 0.408 e. The van der Waals surface area contributed by atoms with E-state index in [9.17, 15) is 9.59 Å². The van der Waals surface area contributed by atoms with E-state index in [1.807, 2.05) is 0 Å². The van der Waals surface area contributed by atoms with Crippen molar-refractivity contribution in [1.82, 2.24) is 10.3 Å². The molecule has 0 spiro atoms. The van der Waals surface area contributed by atoms with Crippen molar-refractivity contribution in [3.8, 4) is 0 Å². The molecule has 6 heteroatoms.